The number of nitrogens with zero attached hydrogens (tertiary/aromatic N) is 2. The normalized spacial score (nSPS) is 17.3. The smallest absolute Gasteiger partial charge is 0.321 e. The summed E-state index contributed by atoms with van der Waals surface area (Å²) >= 11 is 7.78. The molecular formula is C23H26ClN3O4S. The molecule has 0 aromatic heterocycles. The zero-order chi connectivity index (χ0) is 22.7. The first-order valence-electron chi connectivity index (χ1n) is 10.5. The molecule has 2 heterocycles. The standard InChI is InChI=1S/C23H26ClN3O4S/c1-30-18-7-8-19(20(15-18)31-2)25-22(29)26-11-9-23(10-12-26)27(13-14-32-23)21(28)16-3-5-17(24)6-4-16/h3-8,15H,9-14H2,1-2H3,(H,25,29). The first-order chi connectivity index (χ1) is 15.5. The maximum absolute atomic E-state index is 13.2. The van der Waals surface area contributed by atoms with E-state index >= 15 is 0 Å². The first-order valence-corrected chi connectivity index (χ1v) is 11.8. The molecule has 2 saturated heterocycles. The molecule has 4 rings (SSSR count). The third-order valence-corrected chi connectivity index (χ3v) is 7.80. The molecule has 0 saturated carbocycles. The van der Waals surface area contributed by atoms with Crippen LogP contribution in [0.5, 0.6) is 11.5 Å². The molecule has 2 aromatic rings. The second-order valence-electron chi connectivity index (χ2n) is 7.74. The second kappa shape index (κ2) is 9.50. The van der Waals surface area contributed by atoms with Crippen molar-refractivity contribution < 1.29 is 19.1 Å². The highest BCUT2D eigenvalue weighted by atomic mass is 35.5. The number of halogens is 1. The Morgan fingerprint density at radius 2 is 1.75 bits per heavy atom. The average molecular weight is 476 g/mol. The largest absolute Gasteiger partial charge is 0.497 e. The van der Waals surface area contributed by atoms with E-state index in [0.717, 1.165) is 18.6 Å². The van der Waals surface area contributed by atoms with Crippen LogP contribution < -0.4 is 14.8 Å². The highest BCUT2D eigenvalue weighted by molar-refractivity contribution is 8.00. The number of likely N-dealkylation sites (tertiary alicyclic amines) is 1. The van der Waals surface area contributed by atoms with E-state index < -0.39 is 0 Å². The molecule has 1 spiro atoms. The Morgan fingerprint density at radius 3 is 2.41 bits per heavy atom. The van der Waals surface area contributed by atoms with Crippen LogP contribution in [0.2, 0.25) is 5.02 Å². The van der Waals surface area contributed by atoms with Gasteiger partial charge in [-0.1, -0.05) is 11.6 Å². The number of carbonyl (C=O) groups excluding carboxylic acids is 2. The molecule has 0 atom stereocenters. The predicted octanol–water partition coefficient (Wildman–Crippen LogP) is 4.57. The minimum absolute atomic E-state index is 0.0209. The molecule has 0 aliphatic carbocycles. The summed E-state index contributed by atoms with van der Waals surface area (Å²) < 4.78 is 10.6. The van der Waals surface area contributed by atoms with Gasteiger partial charge in [0.2, 0.25) is 0 Å². The molecular weight excluding hydrogens is 450 g/mol. The summed E-state index contributed by atoms with van der Waals surface area (Å²) in [6.07, 6.45) is 1.45. The minimum atomic E-state index is -0.273. The fourth-order valence-corrected chi connectivity index (χ4v) is 5.79. The number of piperidine rings is 1. The fourth-order valence-electron chi connectivity index (χ4n) is 4.21. The molecule has 2 aromatic carbocycles. The van der Waals surface area contributed by atoms with Crippen LogP contribution in [0.4, 0.5) is 10.5 Å². The Bertz CT molecular complexity index is 993. The number of ether oxygens (including phenoxy) is 2. The Labute approximate surface area is 197 Å². The van der Waals surface area contributed by atoms with Crippen LogP contribution in [-0.4, -0.2) is 66.2 Å². The molecule has 32 heavy (non-hydrogen) atoms. The number of rotatable bonds is 4. The van der Waals surface area contributed by atoms with Crippen LogP contribution in [0.1, 0.15) is 23.2 Å². The maximum Gasteiger partial charge on any atom is 0.321 e. The molecule has 3 amide bonds. The SMILES string of the molecule is COc1ccc(NC(=O)N2CCC3(CC2)SCCN3C(=O)c2ccc(Cl)cc2)c(OC)c1. The van der Waals surface area contributed by atoms with Crippen molar-refractivity contribution in [1.29, 1.82) is 0 Å². The van der Waals surface area contributed by atoms with Gasteiger partial charge in [0.15, 0.2) is 0 Å². The Balaban J connectivity index is 1.41. The Morgan fingerprint density at radius 1 is 1.03 bits per heavy atom. The maximum atomic E-state index is 13.2. The topological polar surface area (TPSA) is 71.1 Å². The number of methoxy groups -OCH3 is 2. The number of urea groups is 1. The van der Waals surface area contributed by atoms with Crippen LogP contribution in [0.3, 0.4) is 0 Å². The van der Waals surface area contributed by atoms with E-state index in [2.05, 4.69) is 5.32 Å². The lowest BCUT2D eigenvalue weighted by atomic mass is 10.0. The number of benzene rings is 2. The first kappa shape index (κ1) is 22.6. The Kier molecular flexibility index (Phi) is 6.71. The van der Waals surface area contributed by atoms with Crippen LogP contribution in [0.15, 0.2) is 42.5 Å². The van der Waals surface area contributed by atoms with Gasteiger partial charge in [-0.3, -0.25) is 4.79 Å². The lowest BCUT2D eigenvalue weighted by Gasteiger charge is -2.44. The van der Waals surface area contributed by atoms with Crippen molar-refractivity contribution in [2.24, 2.45) is 0 Å². The quantitative estimate of drug-likeness (QED) is 0.701. The predicted molar refractivity (Wildman–Crippen MR) is 127 cm³/mol. The molecule has 7 nitrogen and oxygen atoms in total. The minimum Gasteiger partial charge on any atom is -0.497 e. The van der Waals surface area contributed by atoms with Crippen molar-refractivity contribution in [2.75, 3.05) is 44.9 Å². The zero-order valence-electron chi connectivity index (χ0n) is 18.1. The summed E-state index contributed by atoms with van der Waals surface area (Å²) in [4.78, 5) is 29.5. The van der Waals surface area contributed by atoms with Gasteiger partial charge in [0.1, 0.15) is 11.5 Å². The number of carbonyl (C=O) groups is 2. The van der Waals surface area contributed by atoms with Gasteiger partial charge in [-0.25, -0.2) is 4.79 Å². The van der Waals surface area contributed by atoms with Crippen LogP contribution in [-0.2, 0) is 0 Å². The van der Waals surface area contributed by atoms with Gasteiger partial charge in [-0.2, -0.15) is 0 Å². The van der Waals surface area contributed by atoms with Crippen LogP contribution in [0, 0.1) is 0 Å². The summed E-state index contributed by atoms with van der Waals surface area (Å²) in [5.74, 6) is 2.11. The van der Waals surface area contributed by atoms with Crippen molar-refractivity contribution >= 4 is 41.0 Å². The molecule has 2 fully saturated rings. The number of amides is 3. The molecule has 9 heteroatoms. The Hall–Kier alpha value is -2.58. The second-order valence-corrected chi connectivity index (χ2v) is 9.64. The highest BCUT2D eigenvalue weighted by Crippen LogP contribution is 2.44. The van der Waals surface area contributed by atoms with Gasteiger partial charge in [-0.05, 0) is 49.2 Å². The summed E-state index contributed by atoms with van der Waals surface area (Å²) in [5, 5.41) is 3.54. The number of nitrogens with one attached hydrogen (secondary N) is 1. The fraction of sp³-hybridized carbons (Fsp3) is 0.391. The monoisotopic (exact) mass is 475 g/mol. The lowest BCUT2D eigenvalue weighted by Crippen LogP contribution is -2.54. The molecule has 0 radical (unpaired) electrons. The van der Waals surface area contributed by atoms with Gasteiger partial charge in [0.25, 0.3) is 5.91 Å². The summed E-state index contributed by atoms with van der Waals surface area (Å²) in [7, 11) is 3.14. The van der Waals surface area contributed by atoms with E-state index in [4.69, 9.17) is 21.1 Å². The van der Waals surface area contributed by atoms with E-state index in [1.54, 1.807) is 61.6 Å². The number of hydrogen-bond donors (Lipinski definition) is 1. The lowest BCUT2D eigenvalue weighted by molar-refractivity contribution is 0.0585. The molecule has 2 aliphatic rings. The van der Waals surface area contributed by atoms with Gasteiger partial charge in [0.05, 0.1) is 24.8 Å². The molecule has 0 unspecified atom stereocenters. The van der Waals surface area contributed by atoms with Crippen molar-refractivity contribution in [3.8, 4) is 11.5 Å². The summed E-state index contributed by atoms with van der Waals surface area (Å²) in [6.45, 7) is 1.85. The number of hydrogen-bond acceptors (Lipinski definition) is 5. The van der Waals surface area contributed by atoms with Gasteiger partial charge in [-0.15, -0.1) is 11.8 Å². The van der Waals surface area contributed by atoms with Crippen molar-refractivity contribution in [3.63, 3.8) is 0 Å². The van der Waals surface area contributed by atoms with Crippen molar-refractivity contribution in [2.45, 2.75) is 17.7 Å². The van der Waals surface area contributed by atoms with E-state index in [0.29, 0.717) is 47.4 Å². The third kappa shape index (κ3) is 4.47. The molecule has 0 bridgehead atoms. The molecule has 2 aliphatic heterocycles. The van der Waals surface area contributed by atoms with Gasteiger partial charge in [0, 0.05) is 42.0 Å². The summed E-state index contributed by atoms with van der Waals surface area (Å²) in [6, 6.07) is 12.1. The van der Waals surface area contributed by atoms with Gasteiger partial charge >= 0.3 is 6.03 Å². The van der Waals surface area contributed by atoms with Crippen LogP contribution in [0.25, 0.3) is 0 Å². The molecule has 170 valence electrons. The van der Waals surface area contributed by atoms with Crippen molar-refractivity contribution in [1.82, 2.24) is 9.80 Å². The highest BCUT2D eigenvalue weighted by Gasteiger charge is 2.47. The summed E-state index contributed by atoms with van der Waals surface area (Å²) in [5.41, 5.74) is 1.23. The van der Waals surface area contributed by atoms with E-state index in [1.807, 2.05) is 16.7 Å². The van der Waals surface area contributed by atoms with E-state index in [1.165, 1.54) is 0 Å². The van der Waals surface area contributed by atoms with Crippen LogP contribution >= 0.6 is 23.4 Å². The van der Waals surface area contributed by atoms with E-state index in [9.17, 15) is 9.59 Å². The van der Waals surface area contributed by atoms with Crippen molar-refractivity contribution in [3.05, 3.63) is 53.1 Å². The van der Waals surface area contributed by atoms with Gasteiger partial charge < -0.3 is 24.6 Å². The zero-order valence-corrected chi connectivity index (χ0v) is 19.7. The molecule has 1 N–H and O–H groups in total. The van der Waals surface area contributed by atoms with E-state index in [-0.39, 0.29) is 16.8 Å². The number of anilines is 1. The third-order valence-electron chi connectivity index (χ3n) is 6.00. The number of thioether (sulfide) groups is 1. The average Bonchev–Trinajstić information content (AvgIpc) is 3.22.